The monoisotopic (exact) mass is 289 g/mol. The molecule has 0 aliphatic rings. The van der Waals surface area contributed by atoms with Crippen molar-refractivity contribution in [1.29, 1.82) is 0 Å². The number of benzene rings is 1. The van der Waals surface area contributed by atoms with Gasteiger partial charge in [0, 0.05) is 13.6 Å². The molecule has 0 unspecified atom stereocenters. The molecule has 0 radical (unpaired) electrons. The van der Waals surface area contributed by atoms with Crippen LogP contribution in [0, 0.1) is 6.92 Å². The molecule has 6 heteroatoms. The molecule has 0 spiro atoms. The van der Waals surface area contributed by atoms with E-state index in [2.05, 4.69) is 4.90 Å². The van der Waals surface area contributed by atoms with E-state index < -0.39 is 11.7 Å². The molecule has 20 heavy (non-hydrogen) atoms. The second-order valence-electron chi connectivity index (χ2n) is 5.25. The minimum atomic E-state index is -4.36. The molecule has 3 nitrogen and oxygen atoms in total. The molecular formula is C14H22F3N3. The van der Waals surface area contributed by atoms with Gasteiger partial charge in [-0.15, -0.1) is 0 Å². The summed E-state index contributed by atoms with van der Waals surface area (Å²) in [6.07, 6.45) is -3.44. The van der Waals surface area contributed by atoms with Crippen LogP contribution in [-0.2, 0) is 6.18 Å². The molecule has 0 atom stereocenters. The minimum absolute atomic E-state index is 0.0921. The Labute approximate surface area is 118 Å². The van der Waals surface area contributed by atoms with Gasteiger partial charge in [0.1, 0.15) is 0 Å². The number of nitrogens with zero attached hydrogens (tertiary/aromatic N) is 2. The van der Waals surface area contributed by atoms with E-state index in [-0.39, 0.29) is 11.3 Å². The Hall–Kier alpha value is -1.43. The molecule has 0 aliphatic carbocycles. The Balaban J connectivity index is 2.90. The predicted molar refractivity (Wildman–Crippen MR) is 77.0 cm³/mol. The third-order valence-corrected chi connectivity index (χ3v) is 3.31. The third-order valence-electron chi connectivity index (χ3n) is 3.31. The van der Waals surface area contributed by atoms with E-state index >= 15 is 0 Å². The highest BCUT2D eigenvalue weighted by atomic mass is 19.4. The first-order valence-corrected chi connectivity index (χ1v) is 6.46. The van der Waals surface area contributed by atoms with Crippen molar-refractivity contribution in [3.05, 3.63) is 23.3 Å². The molecular weight excluding hydrogens is 267 g/mol. The second-order valence-corrected chi connectivity index (χ2v) is 5.25. The summed E-state index contributed by atoms with van der Waals surface area (Å²) in [5.74, 6) is 0. The van der Waals surface area contributed by atoms with Crippen LogP contribution in [0.1, 0.15) is 17.5 Å². The maximum Gasteiger partial charge on any atom is 0.416 e. The Morgan fingerprint density at radius 2 is 1.70 bits per heavy atom. The Morgan fingerprint density at radius 1 is 1.10 bits per heavy atom. The highest BCUT2D eigenvalue weighted by molar-refractivity contribution is 5.72. The summed E-state index contributed by atoms with van der Waals surface area (Å²) in [6, 6.07) is 2.55. The smallest absolute Gasteiger partial charge is 0.397 e. The van der Waals surface area contributed by atoms with Gasteiger partial charge in [-0.1, -0.05) is 0 Å². The predicted octanol–water partition coefficient (Wildman–Crippen LogP) is 2.98. The summed E-state index contributed by atoms with van der Waals surface area (Å²) in [4.78, 5) is 3.96. The molecule has 0 aliphatic heterocycles. The highest BCUT2D eigenvalue weighted by Crippen LogP contribution is 2.37. The molecule has 1 rings (SSSR count). The Morgan fingerprint density at radius 3 is 2.20 bits per heavy atom. The number of nitrogens with two attached hydrogens (primary N) is 1. The number of hydrogen-bond acceptors (Lipinski definition) is 3. The molecule has 0 bridgehead atoms. The molecule has 0 heterocycles. The van der Waals surface area contributed by atoms with Crippen LogP contribution in [0.15, 0.2) is 12.1 Å². The fourth-order valence-electron chi connectivity index (χ4n) is 2.10. The lowest BCUT2D eigenvalue weighted by Gasteiger charge is -2.24. The number of rotatable bonds is 5. The first-order valence-electron chi connectivity index (χ1n) is 6.46. The minimum Gasteiger partial charge on any atom is -0.397 e. The zero-order chi connectivity index (χ0) is 15.5. The molecule has 0 amide bonds. The number of anilines is 2. The van der Waals surface area contributed by atoms with Gasteiger partial charge in [0.25, 0.3) is 0 Å². The third kappa shape index (κ3) is 4.03. The number of halogens is 3. The molecule has 0 fully saturated rings. The summed E-state index contributed by atoms with van der Waals surface area (Å²) in [5.41, 5.74) is 6.13. The van der Waals surface area contributed by atoms with Crippen molar-refractivity contribution < 1.29 is 13.2 Å². The molecule has 1 aromatic carbocycles. The van der Waals surface area contributed by atoms with Gasteiger partial charge in [-0.3, -0.25) is 0 Å². The number of nitrogen functional groups attached to an aromatic ring is 1. The fourth-order valence-corrected chi connectivity index (χ4v) is 2.10. The van der Waals surface area contributed by atoms with Crippen LogP contribution in [0.4, 0.5) is 24.5 Å². The fraction of sp³-hybridized carbons (Fsp3) is 0.571. The average Bonchev–Trinajstić information content (AvgIpc) is 2.30. The van der Waals surface area contributed by atoms with Gasteiger partial charge in [0.2, 0.25) is 0 Å². The molecule has 0 saturated carbocycles. The summed E-state index contributed by atoms with van der Waals surface area (Å²) in [5, 5.41) is 0. The van der Waals surface area contributed by atoms with E-state index in [1.54, 1.807) is 0 Å². The van der Waals surface area contributed by atoms with Crippen molar-refractivity contribution in [2.75, 3.05) is 44.9 Å². The van der Waals surface area contributed by atoms with Gasteiger partial charge in [-0.05, 0) is 51.7 Å². The average molecular weight is 289 g/mol. The van der Waals surface area contributed by atoms with Crippen LogP contribution < -0.4 is 10.6 Å². The lowest BCUT2D eigenvalue weighted by Crippen LogP contribution is -2.24. The van der Waals surface area contributed by atoms with Gasteiger partial charge >= 0.3 is 6.18 Å². The SMILES string of the molecule is Cc1c(C(F)(F)F)ccc(N(C)CCCN(C)C)c1N. The number of hydrogen-bond donors (Lipinski definition) is 1. The topological polar surface area (TPSA) is 32.5 Å². The van der Waals surface area contributed by atoms with Crippen molar-refractivity contribution in [2.24, 2.45) is 0 Å². The van der Waals surface area contributed by atoms with Crippen LogP contribution in [0.5, 0.6) is 0 Å². The largest absolute Gasteiger partial charge is 0.416 e. The Bertz CT molecular complexity index is 456. The van der Waals surface area contributed by atoms with Gasteiger partial charge < -0.3 is 15.5 Å². The van der Waals surface area contributed by atoms with Crippen LogP contribution in [-0.4, -0.2) is 39.1 Å². The molecule has 0 saturated heterocycles. The lowest BCUT2D eigenvalue weighted by molar-refractivity contribution is -0.138. The number of alkyl halides is 3. The van der Waals surface area contributed by atoms with Crippen molar-refractivity contribution in [3.63, 3.8) is 0 Å². The van der Waals surface area contributed by atoms with Crippen molar-refractivity contribution in [2.45, 2.75) is 19.5 Å². The standard InChI is InChI=1S/C14H22F3N3/c1-10-11(14(15,16)17)6-7-12(13(10)18)20(4)9-5-8-19(2)3/h6-7H,5,8-9,18H2,1-4H3. The van der Waals surface area contributed by atoms with Gasteiger partial charge in [0.15, 0.2) is 0 Å². The molecule has 114 valence electrons. The van der Waals surface area contributed by atoms with E-state index in [9.17, 15) is 13.2 Å². The lowest BCUT2D eigenvalue weighted by atomic mass is 10.0. The van der Waals surface area contributed by atoms with Crippen LogP contribution in [0.25, 0.3) is 0 Å². The first kappa shape index (κ1) is 16.6. The molecule has 2 N–H and O–H groups in total. The summed E-state index contributed by atoms with van der Waals surface area (Å²) in [6.45, 7) is 3.08. The molecule has 0 aromatic heterocycles. The summed E-state index contributed by atoms with van der Waals surface area (Å²) in [7, 11) is 5.81. The second kappa shape index (κ2) is 6.35. The van der Waals surface area contributed by atoms with Crippen LogP contribution in [0.2, 0.25) is 0 Å². The highest BCUT2D eigenvalue weighted by Gasteiger charge is 2.33. The van der Waals surface area contributed by atoms with E-state index in [4.69, 9.17) is 5.73 Å². The van der Waals surface area contributed by atoms with Crippen molar-refractivity contribution >= 4 is 11.4 Å². The van der Waals surface area contributed by atoms with E-state index in [0.29, 0.717) is 5.69 Å². The van der Waals surface area contributed by atoms with Gasteiger partial charge in [-0.2, -0.15) is 13.2 Å². The van der Waals surface area contributed by atoms with Gasteiger partial charge in [-0.25, -0.2) is 0 Å². The summed E-state index contributed by atoms with van der Waals surface area (Å²) >= 11 is 0. The van der Waals surface area contributed by atoms with E-state index in [1.807, 2.05) is 26.0 Å². The van der Waals surface area contributed by atoms with Crippen molar-refractivity contribution in [1.82, 2.24) is 4.90 Å². The van der Waals surface area contributed by atoms with Crippen LogP contribution in [0.3, 0.4) is 0 Å². The first-order chi connectivity index (χ1) is 9.14. The van der Waals surface area contributed by atoms with E-state index in [1.165, 1.54) is 13.0 Å². The zero-order valence-corrected chi connectivity index (χ0v) is 12.4. The van der Waals surface area contributed by atoms with Crippen molar-refractivity contribution in [3.8, 4) is 0 Å². The quantitative estimate of drug-likeness (QED) is 0.846. The Kier molecular flexibility index (Phi) is 5.28. The summed E-state index contributed by atoms with van der Waals surface area (Å²) < 4.78 is 38.3. The zero-order valence-electron chi connectivity index (χ0n) is 12.4. The van der Waals surface area contributed by atoms with Gasteiger partial charge in [0.05, 0.1) is 16.9 Å². The maximum absolute atomic E-state index is 12.8. The normalized spacial score (nSPS) is 12.0. The molecule has 1 aromatic rings. The van der Waals surface area contributed by atoms with E-state index in [0.717, 1.165) is 25.6 Å². The van der Waals surface area contributed by atoms with Crippen LogP contribution >= 0.6 is 0 Å². The maximum atomic E-state index is 12.8.